The van der Waals surface area contributed by atoms with Crippen molar-refractivity contribution in [2.45, 2.75) is 50.9 Å². The Morgan fingerprint density at radius 3 is 2.61 bits per heavy atom. The summed E-state index contributed by atoms with van der Waals surface area (Å²) in [4.78, 5) is 18.0. The van der Waals surface area contributed by atoms with Crippen LogP contribution in [0.1, 0.15) is 49.3 Å². The first-order valence-electron chi connectivity index (χ1n) is 14.0. The molecule has 2 fully saturated rings. The van der Waals surface area contributed by atoms with E-state index in [0.717, 1.165) is 51.0 Å². The molecule has 2 aromatic rings. The molecule has 1 amide bonds. The average molecular weight is 575 g/mol. The van der Waals surface area contributed by atoms with Crippen molar-refractivity contribution < 1.29 is 22.4 Å². The van der Waals surface area contributed by atoms with E-state index in [1.165, 1.54) is 18.9 Å². The molecular weight excluding hydrogens is 536 g/mol. The smallest absolute Gasteiger partial charge is 0.351 e. The van der Waals surface area contributed by atoms with Crippen LogP contribution in [-0.4, -0.2) is 60.8 Å². The zero-order valence-corrected chi connectivity index (χ0v) is 23.2. The number of benzene rings is 2. The van der Waals surface area contributed by atoms with E-state index in [2.05, 4.69) is 27.5 Å². The summed E-state index contributed by atoms with van der Waals surface area (Å²) in [5, 5.41) is 12.5. The first-order valence-corrected chi connectivity index (χ1v) is 14.0. The van der Waals surface area contributed by atoms with Crippen molar-refractivity contribution >= 4 is 23.0 Å². The van der Waals surface area contributed by atoms with Crippen LogP contribution in [0.25, 0.3) is 0 Å². The van der Waals surface area contributed by atoms with Crippen LogP contribution in [0.4, 0.5) is 28.9 Å². The van der Waals surface area contributed by atoms with Gasteiger partial charge in [0.15, 0.2) is 0 Å². The minimum atomic E-state index is -4.96. The lowest BCUT2D eigenvalue weighted by atomic mass is 9.97. The van der Waals surface area contributed by atoms with Crippen LogP contribution in [0, 0.1) is 17.1 Å². The largest absolute Gasteiger partial charge is 0.432 e. The number of halogens is 4. The van der Waals surface area contributed by atoms with E-state index in [4.69, 9.17) is 11.1 Å². The van der Waals surface area contributed by atoms with Crippen molar-refractivity contribution in [1.29, 1.82) is 5.41 Å². The molecular formula is C30H38F4N6O. The molecule has 1 saturated carbocycles. The summed E-state index contributed by atoms with van der Waals surface area (Å²) in [5.41, 5.74) is 5.12. The van der Waals surface area contributed by atoms with E-state index < -0.39 is 29.3 Å². The molecule has 1 aliphatic carbocycles. The number of nitrogens with two attached hydrogens (primary N) is 1. The molecule has 0 bridgehead atoms. The fourth-order valence-electron chi connectivity index (χ4n) is 5.09. The van der Waals surface area contributed by atoms with Gasteiger partial charge in [-0.2, -0.15) is 13.2 Å². The van der Waals surface area contributed by atoms with Crippen molar-refractivity contribution in [3.8, 4) is 0 Å². The molecule has 11 heteroatoms. The molecule has 4 rings (SSSR count). The van der Waals surface area contributed by atoms with Crippen LogP contribution in [0.2, 0.25) is 0 Å². The van der Waals surface area contributed by atoms with E-state index in [1.54, 1.807) is 36.4 Å². The van der Waals surface area contributed by atoms with Crippen molar-refractivity contribution in [1.82, 2.24) is 9.80 Å². The van der Waals surface area contributed by atoms with Crippen molar-refractivity contribution in [2.24, 2.45) is 11.7 Å². The van der Waals surface area contributed by atoms with E-state index in [0.29, 0.717) is 23.2 Å². The van der Waals surface area contributed by atoms with Crippen LogP contribution < -0.4 is 16.4 Å². The summed E-state index contributed by atoms with van der Waals surface area (Å²) in [6.45, 7) is 3.87. The average Bonchev–Trinajstić information content (AvgIpc) is 3.78. The third-order valence-corrected chi connectivity index (χ3v) is 7.64. The highest BCUT2D eigenvalue weighted by atomic mass is 19.4. The molecule has 1 heterocycles. The monoisotopic (exact) mass is 574 g/mol. The van der Waals surface area contributed by atoms with Gasteiger partial charge in [0.05, 0.1) is 5.69 Å². The number of anilines is 2. The number of carbonyl (C=O) groups excluding carboxylic acids is 1. The number of nitrogens with one attached hydrogen (secondary N) is 3. The molecule has 1 atom stereocenters. The Bertz CT molecular complexity index is 1260. The van der Waals surface area contributed by atoms with Gasteiger partial charge in [-0.15, -0.1) is 0 Å². The van der Waals surface area contributed by atoms with Gasteiger partial charge in [0.1, 0.15) is 17.2 Å². The number of carbonyl (C=O) groups is 1. The molecule has 7 nitrogen and oxygen atoms in total. The predicted octanol–water partition coefficient (Wildman–Crippen LogP) is 5.67. The Morgan fingerprint density at radius 2 is 1.90 bits per heavy atom. The van der Waals surface area contributed by atoms with Crippen LogP contribution in [0.5, 0.6) is 0 Å². The summed E-state index contributed by atoms with van der Waals surface area (Å²) in [5.74, 6) is -0.986. The second-order valence-electron chi connectivity index (χ2n) is 10.9. The number of likely N-dealkylation sites (N-methyl/N-ethyl adjacent to an activating group) is 1. The lowest BCUT2D eigenvalue weighted by molar-refractivity contribution is -0.112. The fraction of sp³-hybridized carbons (Fsp3) is 0.467. The molecule has 0 radical (unpaired) electrons. The van der Waals surface area contributed by atoms with Crippen LogP contribution in [0.3, 0.4) is 0 Å². The molecule has 1 saturated heterocycles. The van der Waals surface area contributed by atoms with Crippen molar-refractivity contribution in [2.75, 3.05) is 43.9 Å². The molecule has 2 aliphatic rings. The Morgan fingerprint density at radius 1 is 1.12 bits per heavy atom. The third kappa shape index (κ3) is 8.85. The Balaban J connectivity index is 1.60. The maximum Gasteiger partial charge on any atom is 0.432 e. The Kier molecular flexibility index (Phi) is 10.2. The number of allylic oxidation sites excluding steroid dienone is 1. The molecule has 2 aromatic carbocycles. The van der Waals surface area contributed by atoms with Crippen molar-refractivity contribution in [3.05, 3.63) is 71.2 Å². The van der Waals surface area contributed by atoms with E-state index in [9.17, 15) is 18.0 Å². The number of hydrogen-bond donors (Lipinski definition) is 4. The highest BCUT2D eigenvalue weighted by Gasteiger charge is 2.34. The zero-order chi connectivity index (χ0) is 29.6. The molecule has 1 aliphatic heterocycles. The van der Waals surface area contributed by atoms with E-state index >= 15 is 4.39 Å². The minimum Gasteiger partial charge on any atom is -0.351 e. The Hall–Kier alpha value is -3.28. The van der Waals surface area contributed by atoms with Gasteiger partial charge in [-0.25, -0.2) is 4.39 Å². The standard InChI is InChI=1S/C30H38F4N6O/c1-39-12-3-13-40(15-14-39)27(11-8-20-6-7-20)22-9-10-24(31)25(17-22)38-29(41)26(18-28(36)30(32,33)34)37-23-5-2-4-21(16-23)19-35/h2,4-5,9-10,16-18,20,27,36-37H,3,6-8,11-15,19,35H2,1H3,(H,38,41)/b26-18-,36-28?. The van der Waals surface area contributed by atoms with Gasteiger partial charge in [0, 0.05) is 37.9 Å². The third-order valence-electron chi connectivity index (χ3n) is 7.64. The first kappa shape index (κ1) is 30.7. The number of amides is 1. The van der Waals surface area contributed by atoms with Crippen molar-refractivity contribution in [3.63, 3.8) is 0 Å². The van der Waals surface area contributed by atoms with Crippen LogP contribution in [-0.2, 0) is 11.3 Å². The maximum atomic E-state index is 15.0. The minimum absolute atomic E-state index is 0.0314. The summed E-state index contributed by atoms with van der Waals surface area (Å²) in [7, 11) is 2.10. The fourth-order valence-corrected chi connectivity index (χ4v) is 5.09. The van der Waals surface area contributed by atoms with Gasteiger partial charge in [0.25, 0.3) is 5.91 Å². The topological polar surface area (TPSA) is 97.5 Å². The highest BCUT2D eigenvalue weighted by Crippen LogP contribution is 2.38. The lowest BCUT2D eigenvalue weighted by Gasteiger charge is -2.31. The molecule has 0 spiro atoms. The Labute approximate surface area is 238 Å². The summed E-state index contributed by atoms with van der Waals surface area (Å²) >= 11 is 0. The molecule has 41 heavy (non-hydrogen) atoms. The number of hydrogen-bond acceptors (Lipinski definition) is 6. The quantitative estimate of drug-likeness (QED) is 0.158. The van der Waals surface area contributed by atoms with Crippen LogP contribution >= 0.6 is 0 Å². The summed E-state index contributed by atoms with van der Waals surface area (Å²) in [6, 6.07) is 11.1. The molecule has 5 N–H and O–H groups in total. The SMILES string of the molecule is CN1CCCN(C(CCC2CC2)c2ccc(F)c(NC(=O)/C(=C/C(=N)C(F)(F)F)Nc3cccc(CN)c3)c2)CC1. The van der Waals surface area contributed by atoms with Gasteiger partial charge in [-0.3, -0.25) is 15.1 Å². The van der Waals surface area contributed by atoms with Gasteiger partial charge in [0.2, 0.25) is 0 Å². The van der Waals surface area contributed by atoms with E-state index in [1.807, 2.05) is 0 Å². The van der Waals surface area contributed by atoms with Crippen LogP contribution in [0.15, 0.2) is 54.2 Å². The molecule has 222 valence electrons. The normalized spacial score (nSPS) is 18.0. The summed E-state index contributed by atoms with van der Waals surface area (Å²) in [6.07, 6.45) is 0.866. The van der Waals surface area contributed by atoms with Gasteiger partial charge >= 0.3 is 6.18 Å². The lowest BCUT2D eigenvalue weighted by Crippen LogP contribution is -2.33. The first-order chi connectivity index (χ1) is 19.5. The predicted molar refractivity (Wildman–Crippen MR) is 153 cm³/mol. The summed E-state index contributed by atoms with van der Waals surface area (Å²) < 4.78 is 54.6. The van der Waals surface area contributed by atoms with Gasteiger partial charge in [-0.05, 0) is 80.2 Å². The van der Waals surface area contributed by atoms with Gasteiger partial charge < -0.3 is 21.3 Å². The highest BCUT2D eigenvalue weighted by molar-refractivity contribution is 6.11. The second-order valence-corrected chi connectivity index (χ2v) is 10.9. The zero-order valence-electron chi connectivity index (χ0n) is 23.2. The second kappa shape index (κ2) is 13.6. The van der Waals surface area contributed by atoms with E-state index in [-0.39, 0.29) is 18.3 Å². The molecule has 1 unspecified atom stereocenters. The van der Waals surface area contributed by atoms with Gasteiger partial charge in [-0.1, -0.05) is 31.0 Å². The number of nitrogens with zero attached hydrogens (tertiary/aromatic N) is 2. The number of rotatable bonds is 11. The number of alkyl halides is 3. The molecule has 0 aromatic heterocycles. The maximum absolute atomic E-state index is 15.0.